The number of halogens is 2. The van der Waals surface area contributed by atoms with Gasteiger partial charge in [0.05, 0.1) is 0 Å². The van der Waals surface area contributed by atoms with Crippen LogP contribution in [0.2, 0.25) is 10.0 Å². The number of benzene rings is 3. The van der Waals surface area contributed by atoms with Crippen LogP contribution in [0.5, 0.6) is 5.75 Å². The summed E-state index contributed by atoms with van der Waals surface area (Å²) in [6, 6.07) is 21.4. The molecule has 5 nitrogen and oxygen atoms in total. The van der Waals surface area contributed by atoms with E-state index < -0.39 is 6.04 Å². The van der Waals surface area contributed by atoms with E-state index in [1.54, 1.807) is 35.2 Å². The average molecular weight is 513 g/mol. The largest absolute Gasteiger partial charge is 0.484 e. The highest BCUT2D eigenvalue weighted by Gasteiger charge is 2.31. The van der Waals surface area contributed by atoms with Crippen molar-refractivity contribution >= 4 is 35.0 Å². The standard InChI is InChI=1S/C28H30Cl2N2O3/c1-19(2)31-28(34)26(16-21-8-5-4-6-9-21)32(17-22-10-7-11-23(29)15-22)27(33)18-35-24-12-13-25(30)20(3)14-24/h4-15,19,26H,16-18H2,1-3H3,(H,31,34)/t26-/m0/s1. The van der Waals surface area contributed by atoms with Crippen molar-refractivity contribution in [1.82, 2.24) is 10.2 Å². The molecule has 1 atom stereocenters. The smallest absolute Gasteiger partial charge is 0.261 e. The van der Waals surface area contributed by atoms with Gasteiger partial charge in [0.2, 0.25) is 5.91 Å². The molecule has 0 aromatic heterocycles. The number of carbonyl (C=O) groups is 2. The van der Waals surface area contributed by atoms with Crippen molar-refractivity contribution in [2.45, 2.75) is 45.8 Å². The van der Waals surface area contributed by atoms with Gasteiger partial charge in [0.1, 0.15) is 11.8 Å². The molecule has 0 saturated carbocycles. The Morgan fingerprint density at radius 1 is 0.943 bits per heavy atom. The summed E-state index contributed by atoms with van der Waals surface area (Å²) >= 11 is 12.3. The van der Waals surface area contributed by atoms with Gasteiger partial charge >= 0.3 is 0 Å². The van der Waals surface area contributed by atoms with Crippen LogP contribution in [-0.4, -0.2) is 35.4 Å². The fourth-order valence-electron chi connectivity index (χ4n) is 3.70. The van der Waals surface area contributed by atoms with Crippen molar-refractivity contribution in [3.63, 3.8) is 0 Å². The topological polar surface area (TPSA) is 58.6 Å². The number of nitrogens with one attached hydrogen (secondary N) is 1. The fraction of sp³-hybridized carbons (Fsp3) is 0.286. The first-order valence-electron chi connectivity index (χ1n) is 11.5. The number of aryl methyl sites for hydroxylation is 1. The number of amides is 2. The van der Waals surface area contributed by atoms with E-state index in [0.29, 0.717) is 22.2 Å². The van der Waals surface area contributed by atoms with Gasteiger partial charge in [0.15, 0.2) is 6.61 Å². The number of carbonyl (C=O) groups excluding carboxylic acids is 2. The average Bonchev–Trinajstić information content (AvgIpc) is 2.82. The Bertz CT molecular complexity index is 1150. The van der Waals surface area contributed by atoms with Crippen LogP contribution >= 0.6 is 23.2 Å². The molecule has 2 amide bonds. The lowest BCUT2D eigenvalue weighted by Crippen LogP contribution is -2.52. The van der Waals surface area contributed by atoms with E-state index in [9.17, 15) is 9.59 Å². The van der Waals surface area contributed by atoms with Crippen LogP contribution in [0, 0.1) is 6.92 Å². The summed E-state index contributed by atoms with van der Waals surface area (Å²) in [7, 11) is 0. The number of rotatable bonds is 10. The van der Waals surface area contributed by atoms with Gasteiger partial charge < -0.3 is 15.0 Å². The molecule has 0 aliphatic heterocycles. The van der Waals surface area contributed by atoms with Crippen LogP contribution in [0.4, 0.5) is 0 Å². The van der Waals surface area contributed by atoms with Crippen molar-refractivity contribution in [1.29, 1.82) is 0 Å². The zero-order valence-electron chi connectivity index (χ0n) is 20.1. The molecule has 35 heavy (non-hydrogen) atoms. The Morgan fingerprint density at radius 2 is 1.66 bits per heavy atom. The summed E-state index contributed by atoms with van der Waals surface area (Å²) in [5.41, 5.74) is 2.63. The van der Waals surface area contributed by atoms with Crippen molar-refractivity contribution in [3.8, 4) is 5.75 Å². The summed E-state index contributed by atoms with van der Waals surface area (Å²) < 4.78 is 5.80. The van der Waals surface area contributed by atoms with Crippen molar-refractivity contribution in [2.24, 2.45) is 0 Å². The zero-order valence-corrected chi connectivity index (χ0v) is 21.6. The lowest BCUT2D eigenvalue weighted by atomic mass is 10.0. The Hall–Kier alpha value is -3.02. The third-order valence-corrected chi connectivity index (χ3v) is 6.09. The van der Waals surface area contributed by atoms with Crippen molar-refractivity contribution < 1.29 is 14.3 Å². The molecule has 0 aliphatic rings. The van der Waals surface area contributed by atoms with Gasteiger partial charge in [-0.05, 0) is 67.8 Å². The third kappa shape index (κ3) is 8.01. The molecule has 184 valence electrons. The molecular formula is C28H30Cl2N2O3. The van der Waals surface area contributed by atoms with Crippen LogP contribution in [0.1, 0.15) is 30.5 Å². The number of nitrogens with zero attached hydrogens (tertiary/aromatic N) is 1. The lowest BCUT2D eigenvalue weighted by Gasteiger charge is -2.32. The summed E-state index contributed by atoms with van der Waals surface area (Å²) in [6.45, 7) is 5.65. The van der Waals surface area contributed by atoms with Gasteiger partial charge in [-0.2, -0.15) is 0 Å². The van der Waals surface area contributed by atoms with Gasteiger partial charge in [-0.15, -0.1) is 0 Å². The van der Waals surface area contributed by atoms with E-state index in [0.717, 1.165) is 16.7 Å². The molecule has 3 aromatic rings. The number of hydrogen-bond acceptors (Lipinski definition) is 3. The molecule has 0 aliphatic carbocycles. The molecule has 0 unspecified atom stereocenters. The zero-order chi connectivity index (χ0) is 25.4. The highest BCUT2D eigenvalue weighted by molar-refractivity contribution is 6.31. The Morgan fingerprint density at radius 3 is 2.31 bits per heavy atom. The van der Waals surface area contributed by atoms with Gasteiger partial charge in [0.25, 0.3) is 5.91 Å². The van der Waals surface area contributed by atoms with E-state index in [-0.39, 0.29) is 31.0 Å². The molecule has 0 fully saturated rings. The van der Waals surface area contributed by atoms with E-state index >= 15 is 0 Å². The van der Waals surface area contributed by atoms with Gasteiger partial charge in [-0.3, -0.25) is 9.59 Å². The maximum atomic E-state index is 13.5. The molecule has 7 heteroatoms. The second-order valence-electron chi connectivity index (χ2n) is 8.72. The molecule has 0 spiro atoms. The molecule has 0 heterocycles. The van der Waals surface area contributed by atoms with Crippen LogP contribution in [0.3, 0.4) is 0 Å². The van der Waals surface area contributed by atoms with Crippen molar-refractivity contribution in [3.05, 3.63) is 99.5 Å². The third-order valence-electron chi connectivity index (χ3n) is 5.44. The maximum absolute atomic E-state index is 13.5. The first-order chi connectivity index (χ1) is 16.7. The Balaban J connectivity index is 1.91. The predicted molar refractivity (Wildman–Crippen MR) is 141 cm³/mol. The van der Waals surface area contributed by atoms with Gasteiger partial charge in [0, 0.05) is 29.1 Å². The lowest BCUT2D eigenvalue weighted by molar-refractivity contribution is -0.143. The minimum absolute atomic E-state index is 0.0720. The van der Waals surface area contributed by atoms with Crippen LogP contribution in [0.25, 0.3) is 0 Å². The summed E-state index contributed by atoms with van der Waals surface area (Å²) in [4.78, 5) is 28.4. The first kappa shape index (κ1) is 26.6. The number of ether oxygens (including phenoxy) is 1. The first-order valence-corrected chi connectivity index (χ1v) is 12.3. The van der Waals surface area contributed by atoms with E-state index in [1.165, 1.54) is 0 Å². The van der Waals surface area contributed by atoms with Gasteiger partial charge in [-0.1, -0.05) is 65.7 Å². The van der Waals surface area contributed by atoms with Crippen LogP contribution < -0.4 is 10.1 Å². The quantitative estimate of drug-likeness (QED) is 0.370. The van der Waals surface area contributed by atoms with Gasteiger partial charge in [-0.25, -0.2) is 0 Å². The molecule has 0 bridgehead atoms. The maximum Gasteiger partial charge on any atom is 0.261 e. The Kier molecular flexibility index (Phi) is 9.58. The SMILES string of the molecule is Cc1cc(OCC(=O)N(Cc2cccc(Cl)c2)[C@@H](Cc2ccccc2)C(=O)NC(C)C)ccc1Cl. The Labute approximate surface area is 217 Å². The second-order valence-corrected chi connectivity index (χ2v) is 9.56. The monoisotopic (exact) mass is 512 g/mol. The molecule has 0 radical (unpaired) electrons. The minimum atomic E-state index is -0.734. The van der Waals surface area contributed by atoms with E-state index in [4.69, 9.17) is 27.9 Å². The molecule has 0 saturated heterocycles. The number of hydrogen-bond donors (Lipinski definition) is 1. The van der Waals surface area contributed by atoms with E-state index in [2.05, 4.69) is 5.32 Å². The summed E-state index contributed by atoms with van der Waals surface area (Å²) in [6.07, 6.45) is 0.367. The van der Waals surface area contributed by atoms with Crippen molar-refractivity contribution in [2.75, 3.05) is 6.61 Å². The van der Waals surface area contributed by atoms with Crippen LogP contribution in [-0.2, 0) is 22.6 Å². The molecule has 3 rings (SSSR count). The summed E-state index contributed by atoms with van der Waals surface area (Å²) in [5, 5.41) is 4.16. The normalized spacial score (nSPS) is 11.7. The highest BCUT2D eigenvalue weighted by atomic mass is 35.5. The molecule has 1 N–H and O–H groups in total. The summed E-state index contributed by atoms with van der Waals surface area (Å²) in [5.74, 6) is 0.00758. The predicted octanol–water partition coefficient (Wildman–Crippen LogP) is 5.85. The second kappa shape index (κ2) is 12.6. The molecular weight excluding hydrogens is 483 g/mol. The minimum Gasteiger partial charge on any atom is -0.484 e. The fourth-order valence-corrected chi connectivity index (χ4v) is 4.03. The van der Waals surface area contributed by atoms with E-state index in [1.807, 2.05) is 63.2 Å². The van der Waals surface area contributed by atoms with Crippen LogP contribution in [0.15, 0.2) is 72.8 Å². The highest BCUT2D eigenvalue weighted by Crippen LogP contribution is 2.22. The molecule has 3 aromatic carbocycles.